The minimum absolute atomic E-state index is 0.0497. The van der Waals surface area contributed by atoms with Gasteiger partial charge < -0.3 is 9.84 Å². The third-order valence-electron chi connectivity index (χ3n) is 2.05. The Morgan fingerprint density at radius 1 is 1.53 bits per heavy atom. The average molecular weight is 204 g/mol. The van der Waals surface area contributed by atoms with Crippen LogP contribution in [0, 0.1) is 12.3 Å². The number of terminal acetylenes is 1. The highest BCUT2D eigenvalue weighted by molar-refractivity contribution is 5.70. The number of ether oxygens (including phenoxy) is 1. The molecule has 0 saturated heterocycles. The zero-order valence-electron chi connectivity index (χ0n) is 8.43. The molecule has 0 heterocycles. The average Bonchev–Trinajstić information content (AvgIpc) is 2.29. The van der Waals surface area contributed by atoms with Crippen LogP contribution in [-0.4, -0.2) is 18.2 Å². The number of carbonyl (C=O) groups is 1. The highest BCUT2D eigenvalue weighted by atomic mass is 16.5. The van der Waals surface area contributed by atoms with Gasteiger partial charge in [-0.25, -0.2) is 0 Å². The van der Waals surface area contributed by atoms with Gasteiger partial charge in [-0.2, -0.15) is 0 Å². The zero-order chi connectivity index (χ0) is 11.3. The molecule has 0 aliphatic carbocycles. The van der Waals surface area contributed by atoms with Gasteiger partial charge in [-0.05, 0) is 17.7 Å². The van der Waals surface area contributed by atoms with Gasteiger partial charge in [0.2, 0.25) is 0 Å². The summed E-state index contributed by atoms with van der Waals surface area (Å²) in [5, 5.41) is 9.63. The molecule has 3 nitrogen and oxygen atoms in total. The van der Waals surface area contributed by atoms with Crippen molar-refractivity contribution in [1.82, 2.24) is 0 Å². The Balaban J connectivity index is 2.70. The lowest BCUT2D eigenvalue weighted by Crippen LogP contribution is -2.07. The van der Waals surface area contributed by atoms with Gasteiger partial charge in [0, 0.05) is 5.56 Å². The van der Waals surface area contributed by atoms with Crippen molar-refractivity contribution in [2.24, 2.45) is 0 Å². The summed E-state index contributed by atoms with van der Waals surface area (Å²) in [6.45, 7) is 0. The number of aliphatic hydroxyl groups excluding tert-OH is 1. The predicted octanol–water partition coefficient (Wildman–Crippen LogP) is 1.26. The van der Waals surface area contributed by atoms with E-state index in [1.165, 1.54) is 7.11 Å². The lowest BCUT2D eigenvalue weighted by Gasteiger charge is -2.09. The molecule has 0 amide bonds. The van der Waals surface area contributed by atoms with Crippen molar-refractivity contribution in [3.63, 3.8) is 0 Å². The number of benzene rings is 1. The molecular formula is C12H12O3. The molecule has 1 aromatic rings. The van der Waals surface area contributed by atoms with Crippen LogP contribution in [0.25, 0.3) is 0 Å². The van der Waals surface area contributed by atoms with Crippen molar-refractivity contribution >= 4 is 5.97 Å². The van der Waals surface area contributed by atoms with E-state index in [2.05, 4.69) is 10.7 Å². The van der Waals surface area contributed by atoms with E-state index in [9.17, 15) is 9.90 Å². The van der Waals surface area contributed by atoms with Gasteiger partial charge in [-0.1, -0.05) is 18.1 Å². The van der Waals surface area contributed by atoms with Crippen LogP contribution < -0.4 is 0 Å². The van der Waals surface area contributed by atoms with Crippen LogP contribution in [0.1, 0.15) is 23.7 Å². The van der Waals surface area contributed by atoms with Crippen LogP contribution in [0.2, 0.25) is 0 Å². The van der Waals surface area contributed by atoms with Crippen LogP contribution in [0.3, 0.4) is 0 Å². The lowest BCUT2D eigenvalue weighted by molar-refractivity contribution is -0.142. The molecule has 0 saturated carbocycles. The van der Waals surface area contributed by atoms with Crippen molar-refractivity contribution in [3.05, 3.63) is 35.4 Å². The summed E-state index contributed by atoms with van der Waals surface area (Å²) >= 11 is 0. The van der Waals surface area contributed by atoms with E-state index in [1.54, 1.807) is 24.3 Å². The second-order valence-corrected chi connectivity index (χ2v) is 3.06. The Morgan fingerprint density at radius 2 is 2.13 bits per heavy atom. The van der Waals surface area contributed by atoms with Crippen LogP contribution in [0.4, 0.5) is 0 Å². The Kier molecular flexibility index (Phi) is 3.90. The molecule has 1 rings (SSSR count). The summed E-state index contributed by atoms with van der Waals surface area (Å²) < 4.78 is 4.46. The van der Waals surface area contributed by atoms with Gasteiger partial charge in [0.05, 0.1) is 19.6 Å². The maximum absolute atomic E-state index is 10.9. The fourth-order valence-corrected chi connectivity index (χ4v) is 1.16. The van der Waals surface area contributed by atoms with E-state index in [4.69, 9.17) is 6.42 Å². The monoisotopic (exact) mass is 204 g/mol. The van der Waals surface area contributed by atoms with Gasteiger partial charge in [0.25, 0.3) is 0 Å². The maximum Gasteiger partial charge on any atom is 0.308 e. The van der Waals surface area contributed by atoms with Crippen molar-refractivity contribution < 1.29 is 14.6 Å². The second-order valence-electron chi connectivity index (χ2n) is 3.06. The van der Waals surface area contributed by atoms with Gasteiger partial charge >= 0.3 is 5.97 Å². The topological polar surface area (TPSA) is 46.5 Å². The maximum atomic E-state index is 10.9. The SMILES string of the molecule is C#Cc1ccc([C@@H](O)CC(=O)OC)cc1. The third kappa shape index (κ3) is 3.12. The quantitative estimate of drug-likeness (QED) is 0.595. The number of hydrogen-bond acceptors (Lipinski definition) is 3. The molecule has 1 N–H and O–H groups in total. The molecule has 15 heavy (non-hydrogen) atoms. The molecule has 0 fully saturated rings. The van der Waals surface area contributed by atoms with Crippen LogP contribution >= 0.6 is 0 Å². The number of esters is 1. The highest BCUT2D eigenvalue weighted by Gasteiger charge is 2.12. The molecule has 0 aromatic heterocycles. The van der Waals surface area contributed by atoms with Gasteiger partial charge in [-0.3, -0.25) is 4.79 Å². The van der Waals surface area contributed by atoms with Crippen molar-refractivity contribution in [1.29, 1.82) is 0 Å². The lowest BCUT2D eigenvalue weighted by atomic mass is 10.1. The predicted molar refractivity (Wildman–Crippen MR) is 56.0 cm³/mol. The molecule has 1 atom stereocenters. The summed E-state index contributed by atoms with van der Waals surface area (Å²) in [5.41, 5.74) is 1.39. The largest absolute Gasteiger partial charge is 0.469 e. The number of carbonyl (C=O) groups excluding carboxylic acids is 1. The Labute approximate surface area is 88.7 Å². The molecule has 0 bridgehead atoms. The van der Waals surface area contributed by atoms with Crippen LogP contribution in [0.5, 0.6) is 0 Å². The number of aliphatic hydroxyl groups is 1. The minimum Gasteiger partial charge on any atom is -0.469 e. The fourth-order valence-electron chi connectivity index (χ4n) is 1.16. The summed E-state index contributed by atoms with van der Waals surface area (Å²) in [5.74, 6) is 2.03. The minimum atomic E-state index is -0.843. The highest BCUT2D eigenvalue weighted by Crippen LogP contribution is 2.17. The molecular weight excluding hydrogens is 192 g/mol. The normalized spacial score (nSPS) is 11.5. The van der Waals surface area contributed by atoms with E-state index in [1.807, 2.05) is 0 Å². The Hall–Kier alpha value is -1.79. The fraction of sp³-hybridized carbons (Fsp3) is 0.250. The third-order valence-corrected chi connectivity index (χ3v) is 2.05. The first kappa shape index (κ1) is 11.3. The van der Waals surface area contributed by atoms with Crippen LogP contribution in [-0.2, 0) is 9.53 Å². The van der Waals surface area contributed by atoms with E-state index in [0.29, 0.717) is 5.56 Å². The first-order valence-electron chi connectivity index (χ1n) is 4.49. The molecule has 0 spiro atoms. The number of hydrogen-bond donors (Lipinski definition) is 1. The van der Waals surface area contributed by atoms with Gasteiger partial charge in [-0.15, -0.1) is 6.42 Å². The first-order chi connectivity index (χ1) is 7.17. The number of rotatable bonds is 3. The van der Waals surface area contributed by atoms with E-state index in [0.717, 1.165) is 5.56 Å². The molecule has 0 aliphatic rings. The molecule has 78 valence electrons. The smallest absolute Gasteiger partial charge is 0.308 e. The second kappa shape index (κ2) is 5.18. The molecule has 0 aliphatic heterocycles. The molecule has 0 radical (unpaired) electrons. The van der Waals surface area contributed by atoms with E-state index >= 15 is 0 Å². The number of methoxy groups -OCH3 is 1. The Bertz CT molecular complexity index is 373. The van der Waals surface area contributed by atoms with E-state index < -0.39 is 12.1 Å². The summed E-state index contributed by atoms with van der Waals surface area (Å²) in [7, 11) is 1.29. The van der Waals surface area contributed by atoms with Crippen molar-refractivity contribution in [2.75, 3.05) is 7.11 Å². The molecule has 0 unspecified atom stereocenters. The first-order valence-corrected chi connectivity index (χ1v) is 4.49. The van der Waals surface area contributed by atoms with Crippen molar-refractivity contribution in [2.45, 2.75) is 12.5 Å². The van der Waals surface area contributed by atoms with Crippen molar-refractivity contribution in [3.8, 4) is 12.3 Å². The summed E-state index contributed by atoms with van der Waals surface area (Å²) in [4.78, 5) is 10.9. The molecule has 1 aromatic carbocycles. The molecule has 3 heteroatoms. The summed E-state index contributed by atoms with van der Waals surface area (Å²) in [6.07, 6.45) is 4.30. The van der Waals surface area contributed by atoms with E-state index in [-0.39, 0.29) is 6.42 Å². The van der Waals surface area contributed by atoms with Gasteiger partial charge in [0.15, 0.2) is 0 Å². The standard InChI is InChI=1S/C12H12O3/c1-3-9-4-6-10(7-5-9)11(13)8-12(14)15-2/h1,4-7,11,13H,8H2,2H3/t11-/m0/s1. The van der Waals surface area contributed by atoms with Crippen LogP contribution in [0.15, 0.2) is 24.3 Å². The van der Waals surface area contributed by atoms with Gasteiger partial charge in [0.1, 0.15) is 0 Å². The summed E-state index contributed by atoms with van der Waals surface area (Å²) in [6, 6.07) is 6.83. The zero-order valence-corrected chi connectivity index (χ0v) is 8.43. The Morgan fingerprint density at radius 3 is 2.60 bits per heavy atom.